The number of hydrogen-bond acceptors (Lipinski definition) is 3. The molecule has 1 heterocycles. The standard InChI is InChI=1S/C16H26N4/c1-4-19(5-2)12-16-18-14-11-13(3)7-8-15(14)20(16)10-6-9-17/h7-8,11H,4-6,9-10,12,17H2,1-3H3. The summed E-state index contributed by atoms with van der Waals surface area (Å²) >= 11 is 0. The number of nitrogens with zero attached hydrogens (tertiary/aromatic N) is 3. The van der Waals surface area contributed by atoms with Gasteiger partial charge in [0.05, 0.1) is 17.6 Å². The largest absolute Gasteiger partial charge is 0.330 e. The van der Waals surface area contributed by atoms with Crippen LogP contribution >= 0.6 is 0 Å². The van der Waals surface area contributed by atoms with Crippen molar-refractivity contribution in [2.24, 2.45) is 5.73 Å². The molecule has 0 spiro atoms. The average Bonchev–Trinajstić information content (AvgIpc) is 2.78. The van der Waals surface area contributed by atoms with Crippen LogP contribution in [0.3, 0.4) is 0 Å². The fraction of sp³-hybridized carbons (Fsp3) is 0.562. The van der Waals surface area contributed by atoms with Gasteiger partial charge in [0.2, 0.25) is 0 Å². The Morgan fingerprint density at radius 2 is 2.00 bits per heavy atom. The Balaban J connectivity index is 2.39. The molecule has 0 fully saturated rings. The Morgan fingerprint density at radius 1 is 1.25 bits per heavy atom. The van der Waals surface area contributed by atoms with Gasteiger partial charge in [0.25, 0.3) is 0 Å². The molecule has 0 saturated heterocycles. The van der Waals surface area contributed by atoms with Crippen molar-refractivity contribution in [3.8, 4) is 0 Å². The van der Waals surface area contributed by atoms with E-state index in [1.165, 1.54) is 11.1 Å². The number of imidazole rings is 1. The minimum atomic E-state index is 0.718. The molecule has 0 amide bonds. The second-order valence-electron chi connectivity index (χ2n) is 5.28. The average molecular weight is 274 g/mol. The molecular weight excluding hydrogens is 248 g/mol. The molecule has 20 heavy (non-hydrogen) atoms. The van der Waals surface area contributed by atoms with E-state index in [0.717, 1.165) is 50.5 Å². The van der Waals surface area contributed by atoms with Gasteiger partial charge >= 0.3 is 0 Å². The first-order valence-corrected chi connectivity index (χ1v) is 7.57. The lowest BCUT2D eigenvalue weighted by Gasteiger charge is -2.18. The van der Waals surface area contributed by atoms with Crippen LogP contribution in [0.15, 0.2) is 18.2 Å². The summed E-state index contributed by atoms with van der Waals surface area (Å²) in [7, 11) is 0. The van der Waals surface area contributed by atoms with E-state index in [9.17, 15) is 0 Å². The normalized spacial score (nSPS) is 11.7. The van der Waals surface area contributed by atoms with E-state index in [-0.39, 0.29) is 0 Å². The molecule has 0 saturated carbocycles. The van der Waals surface area contributed by atoms with Gasteiger partial charge < -0.3 is 10.3 Å². The first-order chi connectivity index (χ1) is 9.69. The zero-order valence-corrected chi connectivity index (χ0v) is 12.9. The van der Waals surface area contributed by atoms with Gasteiger partial charge in [-0.3, -0.25) is 4.90 Å². The van der Waals surface area contributed by atoms with Crippen LogP contribution in [0, 0.1) is 6.92 Å². The molecule has 110 valence electrons. The third-order valence-corrected chi connectivity index (χ3v) is 3.83. The van der Waals surface area contributed by atoms with Crippen molar-refractivity contribution in [3.63, 3.8) is 0 Å². The number of fused-ring (bicyclic) bond motifs is 1. The van der Waals surface area contributed by atoms with Gasteiger partial charge in [-0.25, -0.2) is 4.98 Å². The van der Waals surface area contributed by atoms with E-state index in [2.05, 4.69) is 48.4 Å². The second-order valence-corrected chi connectivity index (χ2v) is 5.28. The topological polar surface area (TPSA) is 47.1 Å². The van der Waals surface area contributed by atoms with Crippen molar-refractivity contribution >= 4 is 11.0 Å². The van der Waals surface area contributed by atoms with Crippen LogP contribution in [0.4, 0.5) is 0 Å². The van der Waals surface area contributed by atoms with E-state index in [0.29, 0.717) is 0 Å². The highest BCUT2D eigenvalue weighted by Gasteiger charge is 2.12. The molecule has 0 aliphatic rings. The number of benzene rings is 1. The molecule has 0 radical (unpaired) electrons. The fourth-order valence-electron chi connectivity index (χ4n) is 2.56. The van der Waals surface area contributed by atoms with Gasteiger partial charge in [0, 0.05) is 6.54 Å². The molecule has 0 bridgehead atoms. The maximum Gasteiger partial charge on any atom is 0.124 e. The van der Waals surface area contributed by atoms with Crippen LogP contribution in [0.2, 0.25) is 0 Å². The highest BCUT2D eigenvalue weighted by molar-refractivity contribution is 5.76. The van der Waals surface area contributed by atoms with Crippen LogP contribution in [-0.2, 0) is 13.1 Å². The van der Waals surface area contributed by atoms with Gasteiger partial charge in [-0.05, 0) is 50.7 Å². The first kappa shape index (κ1) is 15.0. The van der Waals surface area contributed by atoms with Crippen LogP contribution in [0.5, 0.6) is 0 Å². The summed E-state index contributed by atoms with van der Waals surface area (Å²) in [5.41, 5.74) is 9.26. The van der Waals surface area contributed by atoms with E-state index in [1.807, 2.05) is 0 Å². The molecular formula is C16H26N4. The lowest BCUT2D eigenvalue weighted by Crippen LogP contribution is -2.24. The molecule has 0 atom stereocenters. The minimum absolute atomic E-state index is 0.718. The Kier molecular flexibility index (Phi) is 5.15. The maximum atomic E-state index is 5.67. The molecule has 0 aliphatic heterocycles. The van der Waals surface area contributed by atoms with Crippen molar-refractivity contribution in [1.29, 1.82) is 0 Å². The molecule has 1 aromatic carbocycles. The molecule has 0 aliphatic carbocycles. The Hall–Kier alpha value is -1.39. The summed E-state index contributed by atoms with van der Waals surface area (Å²) in [6.07, 6.45) is 0.991. The predicted molar refractivity (Wildman–Crippen MR) is 84.8 cm³/mol. The number of nitrogens with two attached hydrogens (primary N) is 1. The van der Waals surface area contributed by atoms with E-state index >= 15 is 0 Å². The lowest BCUT2D eigenvalue weighted by atomic mass is 10.2. The van der Waals surface area contributed by atoms with Crippen molar-refractivity contribution in [2.45, 2.75) is 40.3 Å². The lowest BCUT2D eigenvalue weighted by molar-refractivity contribution is 0.284. The van der Waals surface area contributed by atoms with Crippen LogP contribution in [-0.4, -0.2) is 34.1 Å². The van der Waals surface area contributed by atoms with E-state index in [4.69, 9.17) is 10.7 Å². The number of rotatable bonds is 7. The maximum absolute atomic E-state index is 5.67. The molecule has 2 aromatic rings. The molecule has 4 nitrogen and oxygen atoms in total. The Morgan fingerprint density at radius 3 is 2.65 bits per heavy atom. The zero-order chi connectivity index (χ0) is 14.5. The molecule has 4 heteroatoms. The monoisotopic (exact) mass is 274 g/mol. The van der Waals surface area contributed by atoms with Crippen molar-refractivity contribution in [3.05, 3.63) is 29.6 Å². The van der Waals surface area contributed by atoms with Gasteiger partial charge in [-0.1, -0.05) is 19.9 Å². The third-order valence-electron chi connectivity index (χ3n) is 3.83. The third kappa shape index (κ3) is 3.19. The SMILES string of the molecule is CCN(CC)Cc1nc2cc(C)ccc2n1CCCN. The van der Waals surface area contributed by atoms with Crippen molar-refractivity contribution in [1.82, 2.24) is 14.5 Å². The van der Waals surface area contributed by atoms with Crippen molar-refractivity contribution < 1.29 is 0 Å². The van der Waals surface area contributed by atoms with Gasteiger partial charge in [0.1, 0.15) is 5.82 Å². The minimum Gasteiger partial charge on any atom is -0.330 e. The quantitative estimate of drug-likeness (QED) is 0.844. The predicted octanol–water partition coefficient (Wildman–Crippen LogP) is 2.54. The summed E-state index contributed by atoms with van der Waals surface area (Å²) in [6, 6.07) is 6.50. The van der Waals surface area contributed by atoms with Crippen LogP contribution < -0.4 is 5.73 Å². The zero-order valence-electron chi connectivity index (χ0n) is 12.9. The van der Waals surface area contributed by atoms with Gasteiger partial charge in [0.15, 0.2) is 0 Å². The summed E-state index contributed by atoms with van der Waals surface area (Å²) < 4.78 is 2.33. The summed E-state index contributed by atoms with van der Waals surface area (Å²) in [6.45, 7) is 11.2. The number of aromatic nitrogens is 2. The van der Waals surface area contributed by atoms with E-state index in [1.54, 1.807) is 0 Å². The molecule has 1 aromatic heterocycles. The van der Waals surface area contributed by atoms with E-state index < -0.39 is 0 Å². The summed E-state index contributed by atoms with van der Waals surface area (Å²) in [5.74, 6) is 1.16. The second kappa shape index (κ2) is 6.86. The fourth-order valence-corrected chi connectivity index (χ4v) is 2.56. The number of hydrogen-bond donors (Lipinski definition) is 1. The summed E-state index contributed by atoms with van der Waals surface area (Å²) in [5, 5.41) is 0. The van der Waals surface area contributed by atoms with Crippen LogP contribution in [0.1, 0.15) is 31.7 Å². The highest BCUT2D eigenvalue weighted by atomic mass is 15.2. The van der Waals surface area contributed by atoms with Crippen molar-refractivity contribution in [2.75, 3.05) is 19.6 Å². The Labute approximate surface area is 121 Å². The van der Waals surface area contributed by atoms with Crippen LogP contribution in [0.25, 0.3) is 11.0 Å². The molecule has 2 N–H and O–H groups in total. The Bertz CT molecular complexity index is 555. The first-order valence-electron chi connectivity index (χ1n) is 7.57. The summed E-state index contributed by atoms with van der Waals surface area (Å²) in [4.78, 5) is 7.24. The smallest absolute Gasteiger partial charge is 0.124 e. The van der Waals surface area contributed by atoms with Gasteiger partial charge in [-0.15, -0.1) is 0 Å². The molecule has 0 unspecified atom stereocenters. The molecule has 2 rings (SSSR count). The van der Waals surface area contributed by atoms with Gasteiger partial charge in [-0.2, -0.15) is 0 Å². The highest BCUT2D eigenvalue weighted by Crippen LogP contribution is 2.19. The number of aryl methyl sites for hydroxylation is 2.